The SMILES string of the molecule is Cc1cc(C)c2nc(Cc3cccs3)n(-c3ccc(CCNC(=O)NS(=O)(=O)c4ccc(CN)cc4)cc3)c2n1. The number of nitrogens with zero attached hydrogens (tertiary/aromatic N) is 3. The van der Waals surface area contributed by atoms with E-state index >= 15 is 0 Å². The third kappa shape index (κ3) is 6.06. The molecule has 11 heteroatoms. The van der Waals surface area contributed by atoms with Crippen molar-refractivity contribution in [3.8, 4) is 5.69 Å². The van der Waals surface area contributed by atoms with Crippen LogP contribution in [0.5, 0.6) is 0 Å². The molecule has 0 radical (unpaired) electrons. The number of carbonyl (C=O) groups is 1. The van der Waals surface area contributed by atoms with Gasteiger partial charge in [0.1, 0.15) is 11.3 Å². The first-order chi connectivity index (χ1) is 19.2. The van der Waals surface area contributed by atoms with Gasteiger partial charge in [-0.05, 0) is 78.7 Å². The van der Waals surface area contributed by atoms with Crippen LogP contribution in [0.15, 0.2) is 77.0 Å². The van der Waals surface area contributed by atoms with Crippen molar-refractivity contribution in [1.29, 1.82) is 0 Å². The average molecular weight is 575 g/mol. The zero-order valence-corrected chi connectivity index (χ0v) is 23.8. The second-order valence-corrected chi connectivity index (χ2v) is 12.2. The van der Waals surface area contributed by atoms with E-state index in [0.29, 0.717) is 19.4 Å². The Morgan fingerprint density at radius 2 is 1.73 bits per heavy atom. The summed E-state index contributed by atoms with van der Waals surface area (Å²) < 4.78 is 29.1. The highest BCUT2D eigenvalue weighted by atomic mass is 32.2. The molecule has 0 bridgehead atoms. The van der Waals surface area contributed by atoms with E-state index < -0.39 is 16.1 Å². The van der Waals surface area contributed by atoms with Gasteiger partial charge in [0.2, 0.25) is 0 Å². The van der Waals surface area contributed by atoms with Gasteiger partial charge in [-0.1, -0.05) is 30.3 Å². The Balaban J connectivity index is 1.27. The first kappa shape index (κ1) is 27.5. The number of benzene rings is 2. The van der Waals surface area contributed by atoms with Crippen LogP contribution in [0.4, 0.5) is 4.79 Å². The second-order valence-electron chi connectivity index (χ2n) is 9.50. The summed E-state index contributed by atoms with van der Waals surface area (Å²) in [5.41, 5.74) is 12.0. The van der Waals surface area contributed by atoms with E-state index in [0.717, 1.165) is 45.1 Å². The molecule has 0 aliphatic carbocycles. The molecule has 0 saturated heterocycles. The third-order valence-electron chi connectivity index (χ3n) is 6.51. The zero-order valence-electron chi connectivity index (χ0n) is 22.2. The van der Waals surface area contributed by atoms with Crippen molar-refractivity contribution >= 4 is 38.6 Å². The molecular weight excluding hydrogens is 544 g/mol. The van der Waals surface area contributed by atoms with E-state index in [9.17, 15) is 13.2 Å². The van der Waals surface area contributed by atoms with Crippen LogP contribution >= 0.6 is 11.3 Å². The van der Waals surface area contributed by atoms with Crippen molar-refractivity contribution in [1.82, 2.24) is 24.6 Å². The molecule has 0 unspecified atom stereocenters. The van der Waals surface area contributed by atoms with Gasteiger partial charge in [0.05, 0.1) is 4.90 Å². The number of rotatable bonds is 9. The number of imidazole rings is 1. The van der Waals surface area contributed by atoms with Gasteiger partial charge in [0.15, 0.2) is 5.65 Å². The summed E-state index contributed by atoms with van der Waals surface area (Å²) in [6, 6.07) is 19.5. The maximum Gasteiger partial charge on any atom is 0.328 e. The van der Waals surface area contributed by atoms with E-state index in [-0.39, 0.29) is 11.4 Å². The molecule has 0 fully saturated rings. The maximum absolute atomic E-state index is 12.5. The Bertz CT molecular complexity index is 1740. The summed E-state index contributed by atoms with van der Waals surface area (Å²) in [6.07, 6.45) is 1.23. The number of amides is 2. The van der Waals surface area contributed by atoms with Gasteiger partial charge in [-0.15, -0.1) is 11.3 Å². The zero-order chi connectivity index (χ0) is 28.3. The number of nitrogens with one attached hydrogen (secondary N) is 2. The summed E-state index contributed by atoms with van der Waals surface area (Å²) >= 11 is 1.70. The lowest BCUT2D eigenvalue weighted by molar-refractivity contribution is 0.246. The first-order valence-corrected chi connectivity index (χ1v) is 15.2. The van der Waals surface area contributed by atoms with Gasteiger partial charge in [-0.25, -0.2) is 27.9 Å². The number of carbonyl (C=O) groups excluding carboxylic acids is 1. The van der Waals surface area contributed by atoms with Gasteiger partial charge in [-0.3, -0.25) is 4.57 Å². The summed E-state index contributed by atoms with van der Waals surface area (Å²) in [5.74, 6) is 0.920. The smallest absolute Gasteiger partial charge is 0.328 e. The lowest BCUT2D eigenvalue weighted by atomic mass is 10.1. The number of nitrogens with two attached hydrogens (primary N) is 1. The van der Waals surface area contributed by atoms with E-state index in [4.69, 9.17) is 15.7 Å². The van der Waals surface area contributed by atoms with E-state index in [1.165, 1.54) is 17.0 Å². The van der Waals surface area contributed by atoms with Gasteiger partial charge in [0.25, 0.3) is 10.0 Å². The van der Waals surface area contributed by atoms with Crippen molar-refractivity contribution in [3.05, 3.63) is 105 Å². The van der Waals surface area contributed by atoms with Crippen LogP contribution in [0.25, 0.3) is 16.9 Å². The molecular formula is C29H30N6O3S2. The largest absolute Gasteiger partial charge is 0.337 e. The third-order valence-corrected chi connectivity index (χ3v) is 8.73. The standard InChI is InChI=1S/C29H30N6O3S2/c1-19-16-20(2)32-28-27(19)33-26(17-24-4-3-15-39-24)35(28)23-9-5-21(6-10-23)13-14-31-29(36)34-40(37,38)25-11-7-22(18-30)8-12-25/h3-12,15-16H,13-14,17-18,30H2,1-2H3,(H2,31,34,36). The predicted octanol–water partition coefficient (Wildman–Crippen LogP) is 4.38. The quantitative estimate of drug-likeness (QED) is 0.239. The minimum absolute atomic E-state index is 0.000731. The molecule has 0 atom stereocenters. The van der Waals surface area contributed by atoms with Crippen molar-refractivity contribution in [2.75, 3.05) is 6.54 Å². The number of hydrogen-bond acceptors (Lipinski definition) is 7. The van der Waals surface area contributed by atoms with Crippen LogP contribution in [0.2, 0.25) is 0 Å². The Morgan fingerprint density at radius 3 is 2.40 bits per heavy atom. The molecule has 4 N–H and O–H groups in total. The molecule has 5 rings (SSSR count). The number of sulfonamides is 1. The molecule has 3 heterocycles. The van der Waals surface area contributed by atoms with Crippen molar-refractivity contribution in [3.63, 3.8) is 0 Å². The van der Waals surface area contributed by atoms with Crippen molar-refractivity contribution in [2.45, 2.75) is 38.1 Å². The summed E-state index contributed by atoms with van der Waals surface area (Å²) in [6.45, 7) is 4.61. The molecule has 9 nitrogen and oxygen atoms in total. The Morgan fingerprint density at radius 1 is 1.00 bits per heavy atom. The van der Waals surface area contributed by atoms with Crippen molar-refractivity contribution < 1.29 is 13.2 Å². The lowest BCUT2D eigenvalue weighted by Crippen LogP contribution is -2.40. The molecule has 0 spiro atoms. The minimum atomic E-state index is -3.97. The van der Waals surface area contributed by atoms with Gasteiger partial charge in [-0.2, -0.15) is 0 Å². The molecule has 0 aliphatic rings. The monoisotopic (exact) mass is 574 g/mol. The Kier molecular flexibility index (Phi) is 7.97. The summed E-state index contributed by atoms with van der Waals surface area (Å²) in [4.78, 5) is 23.3. The second kappa shape index (κ2) is 11.6. The maximum atomic E-state index is 12.5. The predicted molar refractivity (Wildman–Crippen MR) is 157 cm³/mol. The van der Waals surface area contributed by atoms with Crippen LogP contribution in [0.1, 0.15) is 33.1 Å². The van der Waals surface area contributed by atoms with Crippen LogP contribution < -0.4 is 15.8 Å². The molecule has 0 saturated carbocycles. The summed E-state index contributed by atoms with van der Waals surface area (Å²) in [5, 5.41) is 4.68. The van der Waals surface area contributed by atoms with Crippen LogP contribution in [0, 0.1) is 13.8 Å². The fourth-order valence-corrected chi connectivity index (χ4v) is 6.15. The Hall–Kier alpha value is -4.06. The number of fused-ring (bicyclic) bond motifs is 1. The van der Waals surface area contributed by atoms with Gasteiger partial charge < -0.3 is 11.1 Å². The summed E-state index contributed by atoms with van der Waals surface area (Å²) in [7, 11) is -3.97. The average Bonchev–Trinajstić information content (AvgIpc) is 3.57. The topological polar surface area (TPSA) is 132 Å². The molecule has 2 amide bonds. The lowest BCUT2D eigenvalue weighted by Gasteiger charge is -2.11. The van der Waals surface area contributed by atoms with E-state index in [2.05, 4.69) is 28.3 Å². The molecule has 2 aromatic carbocycles. The highest BCUT2D eigenvalue weighted by Crippen LogP contribution is 2.26. The fourth-order valence-electron chi connectivity index (χ4n) is 4.52. The van der Waals surface area contributed by atoms with Crippen LogP contribution in [0.3, 0.4) is 0 Å². The van der Waals surface area contributed by atoms with Gasteiger partial charge >= 0.3 is 6.03 Å². The number of thiophene rings is 1. The molecule has 206 valence electrons. The normalized spacial score (nSPS) is 11.6. The Labute approximate surface area is 237 Å². The minimum Gasteiger partial charge on any atom is -0.337 e. The van der Waals surface area contributed by atoms with Crippen LogP contribution in [-0.2, 0) is 29.4 Å². The van der Waals surface area contributed by atoms with Crippen LogP contribution in [-0.4, -0.2) is 35.5 Å². The highest BCUT2D eigenvalue weighted by molar-refractivity contribution is 7.90. The van der Waals surface area contributed by atoms with Gasteiger partial charge in [0, 0.05) is 35.8 Å². The molecule has 5 aromatic rings. The van der Waals surface area contributed by atoms with E-state index in [1.807, 2.05) is 48.0 Å². The number of aromatic nitrogens is 3. The number of pyridine rings is 1. The first-order valence-electron chi connectivity index (χ1n) is 12.8. The fraction of sp³-hybridized carbons (Fsp3) is 0.207. The molecule has 40 heavy (non-hydrogen) atoms. The molecule has 3 aromatic heterocycles. The van der Waals surface area contributed by atoms with Crippen molar-refractivity contribution in [2.24, 2.45) is 5.73 Å². The number of hydrogen-bond donors (Lipinski definition) is 3. The highest BCUT2D eigenvalue weighted by Gasteiger charge is 2.18. The molecule has 0 aliphatic heterocycles. The number of aryl methyl sites for hydroxylation is 2. The number of urea groups is 1. The van der Waals surface area contributed by atoms with E-state index in [1.54, 1.807) is 23.5 Å².